The smallest absolute Gasteiger partial charge is 0.0945 e. The Bertz CT molecular complexity index is 920. The maximum atomic E-state index is 11.0. The van der Waals surface area contributed by atoms with Gasteiger partial charge >= 0.3 is 0 Å². The lowest BCUT2D eigenvalue weighted by Gasteiger charge is -2.10. The maximum Gasteiger partial charge on any atom is 0.0945 e. The molecule has 222 valence electrons. The molecule has 0 heterocycles. The molecule has 2 heteroatoms. The summed E-state index contributed by atoms with van der Waals surface area (Å²) in [7, 11) is 0. The standard InChI is InChI=1S/C22H31N.C12H24.C3H7F/c1-16(2)13-21(11-8-12-23)18(4)9-7-10-22-15-17(3)14-19(5)20(22)6;1-10(2)7-6-8-12(5)9-11(3)4;1-3(2)4/h7-9,11-12,14-16,23H,10,13H2,1-6H3;8,10-11H,6-7,9H2,1-5H3;3H,1-2H3/b9-7-,11-8-,21-18-,23-12?;12-8+;. The summed E-state index contributed by atoms with van der Waals surface area (Å²) in [6.45, 7) is 27.5. The predicted octanol–water partition coefficient (Wildman–Crippen LogP) is 12.1. The van der Waals surface area contributed by atoms with E-state index in [0.717, 1.165) is 24.7 Å². The van der Waals surface area contributed by atoms with Gasteiger partial charge in [0.15, 0.2) is 0 Å². The van der Waals surface area contributed by atoms with Crippen molar-refractivity contribution >= 4 is 6.21 Å². The molecule has 1 nitrogen and oxygen atoms in total. The second-order valence-electron chi connectivity index (χ2n) is 12.4. The van der Waals surface area contributed by atoms with Gasteiger partial charge in [-0.15, -0.1) is 0 Å². The highest BCUT2D eigenvalue weighted by atomic mass is 19.1. The third-order valence-corrected chi connectivity index (χ3v) is 6.12. The average Bonchev–Trinajstić information content (AvgIpc) is 2.78. The van der Waals surface area contributed by atoms with E-state index in [-0.39, 0.29) is 0 Å². The van der Waals surface area contributed by atoms with Crippen molar-refractivity contribution in [2.45, 2.75) is 128 Å². The minimum atomic E-state index is -0.667. The van der Waals surface area contributed by atoms with Crippen LogP contribution in [-0.4, -0.2) is 12.4 Å². The van der Waals surface area contributed by atoms with Crippen LogP contribution in [0.25, 0.3) is 0 Å². The van der Waals surface area contributed by atoms with Gasteiger partial charge in [-0.1, -0.05) is 89.1 Å². The first kappa shape index (κ1) is 38.9. The summed E-state index contributed by atoms with van der Waals surface area (Å²) < 4.78 is 11.0. The Morgan fingerprint density at radius 1 is 0.846 bits per heavy atom. The van der Waals surface area contributed by atoms with Crippen LogP contribution in [0.2, 0.25) is 0 Å². The van der Waals surface area contributed by atoms with Crippen LogP contribution in [0.4, 0.5) is 4.39 Å². The number of halogens is 1. The molecule has 0 aromatic heterocycles. The Morgan fingerprint density at radius 3 is 1.90 bits per heavy atom. The van der Waals surface area contributed by atoms with E-state index >= 15 is 0 Å². The third-order valence-electron chi connectivity index (χ3n) is 6.12. The van der Waals surface area contributed by atoms with E-state index in [1.165, 1.54) is 72.7 Å². The zero-order valence-corrected chi connectivity index (χ0v) is 27.8. The topological polar surface area (TPSA) is 23.9 Å². The number of aryl methyl sites for hydroxylation is 2. The fourth-order valence-electron chi connectivity index (χ4n) is 4.16. The molecule has 0 amide bonds. The minimum Gasteiger partial charge on any atom is -0.309 e. The van der Waals surface area contributed by atoms with Crippen LogP contribution >= 0.6 is 0 Å². The largest absolute Gasteiger partial charge is 0.309 e. The zero-order valence-electron chi connectivity index (χ0n) is 27.8. The Morgan fingerprint density at radius 2 is 1.41 bits per heavy atom. The lowest BCUT2D eigenvalue weighted by Crippen LogP contribution is -1.94. The Balaban J connectivity index is 0. The molecule has 1 rings (SSSR count). The van der Waals surface area contributed by atoms with Crippen molar-refractivity contribution in [3.8, 4) is 0 Å². The van der Waals surface area contributed by atoms with Gasteiger partial charge in [-0.3, -0.25) is 0 Å². The molecule has 0 fully saturated rings. The summed E-state index contributed by atoms with van der Waals surface area (Å²) in [5.74, 6) is 2.26. The maximum absolute atomic E-state index is 11.0. The summed E-state index contributed by atoms with van der Waals surface area (Å²) in [6, 6.07) is 4.53. The zero-order chi connectivity index (χ0) is 30.5. The first-order valence-corrected chi connectivity index (χ1v) is 15.0. The van der Waals surface area contributed by atoms with Crippen molar-refractivity contribution in [2.24, 2.45) is 17.8 Å². The quantitative estimate of drug-likeness (QED) is 0.155. The van der Waals surface area contributed by atoms with Crippen molar-refractivity contribution in [3.05, 3.63) is 81.5 Å². The van der Waals surface area contributed by atoms with E-state index in [1.807, 2.05) is 6.08 Å². The van der Waals surface area contributed by atoms with Gasteiger partial charge in [0.25, 0.3) is 0 Å². The lowest BCUT2D eigenvalue weighted by atomic mass is 9.96. The molecule has 0 saturated heterocycles. The second-order valence-corrected chi connectivity index (χ2v) is 12.4. The van der Waals surface area contributed by atoms with E-state index in [2.05, 4.69) is 113 Å². The van der Waals surface area contributed by atoms with Crippen molar-refractivity contribution in [1.29, 1.82) is 5.41 Å². The fourth-order valence-corrected chi connectivity index (χ4v) is 4.16. The van der Waals surface area contributed by atoms with Gasteiger partial charge in [0.1, 0.15) is 0 Å². The molecule has 0 aliphatic carbocycles. The fraction of sp³-hybridized carbons (Fsp3) is 0.595. The molecule has 0 saturated carbocycles. The van der Waals surface area contributed by atoms with Crippen molar-refractivity contribution in [2.75, 3.05) is 0 Å². The number of benzene rings is 1. The SMILES string of the molecule is C/C(=C\CCC(C)C)CC(C)C.CC(/C=C\Cc1cc(C)cc(C)c1C)=C(\C=C/C=N)CC(C)C.CC(C)F. The number of alkyl halides is 1. The van der Waals surface area contributed by atoms with Gasteiger partial charge in [0.2, 0.25) is 0 Å². The molecule has 0 spiro atoms. The third kappa shape index (κ3) is 23.4. The summed E-state index contributed by atoms with van der Waals surface area (Å²) in [4.78, 5) is 0. The second kappa shape index (κ2) is 22.6. The monoisotopic (exact) mass is 539 g/mol. The number of rotatable bonds is 12. The molecule has 0 bridgehead atoms. The highest BCUT2D eigenvalue weighted by molar-refractivity contribution is 5.68. The van der Waals surface area contributed by atoms with Gasteiger partial charge in [-0.25, -0.2) is 4.39 Å². The first-order chi connectivity index (χ1) is 18.1. The number of hydrogen-bond donors (Lipinski definition) is 1. The molecule has 1 aromatic rings. The molecule has 0 unspecified atom stereocenters. The van der Waals surface area contributed by atoms with Crippen LogP contribution in [0.5, 0.6) is 0 Å². The summed E-state index contributed by atoms with van der Waals surface area (Å²) in [5, 5.41) is 7.18. The molecule has 1 aromatic carbocycles. The molecule has 39 heavy (non-hydrogen) atoms. The van der Waals surface area contributed by atoms with E-state index in [0.29, 0.717) is 5.92 Å². The molecule has 0 aliphatic rings. The number of nitrogens with one attached hydrogen (secondary N) is 1. The van der Waals surface area contributed by atoms with Crippen LogP contribution in [0.1, 0.15) is 117 Å². The normalized spacial score (nSPS) is 12.7. The van der Waals surface area contributed by atoms with Gasteiger partial charge in [-0.05, 0) is 132 Å². The van der Waals surface area contributed by atoms with Gasteiger partial charge in [-0.2, -0.15) is 0 Å². The van der Waals surface area contributed by atoms with Crippen LogP contribution in [-0.2, 0) is 6.42 Å². The summed E-state index contributed by atoms with van der Waals surface area (Å²) in [5.41, 5.74) is 9.68. The van der Waals surface area contributed by atoms with E-state index in [4.69, 9.17) is 5.41 Å². The Hall–Kier alpha value is -2.22. The van der Waals surface area contributed by atoms with E-state index < -0.39 is 6.17 Å². The highest BCUT2D eigenvalue weighted by Gasteiger charge is 2.03. The predicted molar refractivity (Wildman–Crippen MR) is 177 cm³/mol. The molecule has 0 atom stereocenters. The highest BCUT2D eigenvalue weighted by Crippen LogP contribution is 2.20. The van der Waals surface area contributed by atoms with Gasteiger partial charge in [0.05, 0.1) is 6.17 Å². The van der Waals surface area contributed by atoms with Crippen LogP contribution < -0.4 is 0 Å². The van der Waals surface area contributed by atoms with Gasteiger partial charge in [0, 0.05) is 6.21 Å². The summed E-state index contributed by atoms with van der Waals surface area (Å²) in [6.07, 6.45) is 17.3. The van der Waals surface area contributed by atoms with Crippen LogP contribution in [0.15, 0.2) is 59.2 Å². The molecule has 0 aliphatic heterocycles. The Kier molecular flexibility index (Phi) is 22.5. The van der Waals surface area contributed by atoms with Gasteiger partial charge < -0.3 is 5.41 Å². The van der Waals surface area contributed by atoms with Crippen molar-refractivity contribution in [1.82, 2.24) is 0 Å². The van der Waals surface area contributed by atoms with Crippen molar-refractivity contribution < 1.29 is 4.39 Å². The van der Waals surface area contributed by atoms with E-state index in [9.17, 15) is 4.39 Å². The molecule has 1 N–H and O–H groups in total. The average molecular weight is 540 g/mol. The number of hydrogen-bond acceptors (Lipinski definition) is 1. The lowest BCUT2D eigenvalue weighted by molar-refractivity contribution is 0.391. The molecule has 0 radical (unpaired) electrons. The molecular weight excluding hydrogens is 477 g/mol. The Labute approximate surface area is 243 Å². The van der Waals surface area contributed by atoms with Crippen molar-refractivity contribution in [3.63, 3.8) is 0 Å². The molecular formula is C37H62FN. The van der Waals surface area contributed by atoms with Crippen LogP contribution in [0, 0.1) is 43.9 Å². The minimum absolute atomic E-state index is 0.616. The first-order valence-electron chi connectivity index (χ1n) is 15.0. The van der Waals surface area contributed by atoms with Crippen LogP contribution in [0.3, 0.4) is 0 Å². The summed E-state index contributed by atoms with van der Waals surface area (Å²) >= 11 is 0. The van der Waals surface area contributed by atoms with E-state index in [1.54, 1.807) is 5.57 Å². The number of allylic oxidation sites excluding steroid dienone is 8.